The molecule has 170 valence electrons. The molecule has 1 aliphatic carbocycles. The smallest absolute Gasteiger partial charge is 0.193 e. The van der Waals surface area contributed by atoms with Crippen molar-refractivity contribution in [2.45, 2.75) is 37.2 Å². The fourth-order valence-electron chi connectivity index (χ4n) is 4.91. The maximum Gasteiger partial charge on any atom is 0.193 e. The van der Waals surface area contributed by atoms with Gasteiger partial charge in [-0.2, -0.15) is 5.10 Å². The highest BCUT2D eigenvalue weighted by molar-refractivity contribution is 14.0. The van der Waals surface area contributed by atoms with Crippen molar-refractivity contribution >= 4 is 29.9 Å². The predicted molar refractivity (Wildman–Crippen MR) is 133 cm³/mol. The van der Waals surface area contributed by atoms with Crippen LogP contribution >= 0.6 is 24.0 Å². The summed E-state index contributed by atoms with van der Waals surface area (Å²) in [7, 11) is 5.56. The standard InChI is InChI=1S/C23H33N5O2.HI/c1-24-22(28-12-13-30-21(16-28)18-14-26-27(2)15-18)25-17-23(10-6-7-11-23)19-8-4-5-9-20(19)29-3;/h4-5,8-9,14-15,21H,6-7,10-13,16-17H2,1-3H3,(H,24,25);1H. The number of hydrogen-bond acceptors (Lipinski definition) is 4. The Morgan fingerprint density at radius 3 is 2.77 bits per heavy atom. The van der Waals surface area contributed by atoms with E-state index >= 15 is 0 Å². The van der Waals surface area contributed by atoms with Crippen LogP contribution in [0.2, 0.25) is 0 Å². The maximum atomic E-state index is 6.01. The van der Waals surface area contributed by atoms with Crippen LogP contribution in [0.3, 0.4) is 0 Å². The number of aliphatic imine (C=N–C) groups is 1. The third-order valence-electron chi connectivity index (χ3n) is 6.50. The number of methoxy groups -OCH3 is 1. The zero-order valence-electron chi connectivity index (χ0n) is 18.7. The largest absolute Gasteiger partial charge is 0.496 e. The van der Waals surface area contributed by atoms with E-state index in [2.05, 4.69) is 38.5 Å². The molecule has 1 aromatic carbocycles. The van der Waals surface area contributed by atoms with Gasteiger partial charge in [0.2, 0.25) is 0 Å². The Morgan fingerprint density at radius 1 is 1.32 bits per heavy atom. The summed E-state index contributed by atoms with van der Waals surface area (Å²) in [6.45, 7) is 3.14. The molecule has 2 fully saturated rings. The van der Waals surface area contributed by atoms with E-state index in [1.807, 2.05) is 37.2 Å². The highest BCUT2D eigenvalue weighted by Crippen LogP contribution is 2.44. The molecule has 2 aliphatic rings. The molecule has 1 aromatic heterocycles. The fourth-order valence-corrected chi connectivity index (χ4v) is 4.91. The van der Waals surface area contributed by atoms with Gasteiger partial charge in [-0.05, 0) is 18.9 Å². The first kappa shape index (κ1) is 23.8. The molecule has 1 saturated carbocycles. The number of nitrogens with one attached hydrogen (secondary N) is 1. The van der Waals surface area contributed by atoms with Crippen LogP contribution in [0.15, 0.2) is 41.7 Å². The Balaban J connectivity index is 0.00000272. The van der Waals surface area contributed by atoms with E-state index < -0.39 is 0 Å². The van der Waals surface area contributed by atoms with Gasteiger partial charge in [-0.15, -0.1) is 24.0 Å². The monoisotopic (exact) mass is 539 g/mol. The number of benzene rings is 1. The first-order valence-electron chi connectivity index (χ1n) is 10.8. The average molecular weight is 539 g/mol. The number of nitrogens with zero attached hydrogens (tertiary/aromatic N) is 4. The lowest BCUT2D eigenvalue weighted by molar-refractivity contribution is -0.00811. The lowest BCUT2D eigenvalue weighted by Crippen LogP contribution is -2.51. The van der Waals surface area contributed by atoms with Gasteiger partial charge in [0.05, 0.1) is 26.5 Å². The predicted octanol–water partition coefficient (Wildman–Crippen LogP) is 3.51. The van der Waals surface area contributed by atoms with Crippen LogP contribution in [0.25, 0.3) is 0 Å². The Kier molecular flexibility index (Phi) is 8.21. The van der Waals surface area contributed by atoms with Crippen molar-refractivity contribution < 1.29 is 9.47 Å². The summed E-state index contributed by atoms with van der Waals surface area (Å²) in [5, 5.41) is 7.98. The normalized spacial score (nSPS) is 20.9. The van der Waals surface area contributed by atoms with E-state index in [-0.39, 0.29) is 35.5 Å². The molecule has 1 saturated heterocycles. The molecule has 0 radical (unpaired) electrons. The van der Waals surface area contributed by atoms with Gasteiger partial charge in [-0.25, -0.2) is 0 Å². The van der Waals surface area contributed by atoms with Crippen LogP contribution in [-0.2, 0) is 17.2 Å². The topological polar surface area (TPSA) is 63.9 Å². The van der Waals surface area contributed by atoms with E-state index in [0.29, 0.717) is 6.61 Å². The first-order chi connectivity index (χ1) is 14.6. The molecule has 7 nitrogen and oxygen atoms in total. The van der Waals surface area contributed by atoms with Gasteiger partial charge in [0.15, 0.2) is 5.96 Å². The molecule has 1 aliphatic heterocycles. The molecule has 1 atom stereocenters. The highest BCUT2D eigenvalue weighted by atomic mass is 127. The zero-order chi connectivity index (χ0) is 21.0. The van der Waals surface area contributed by atoms with Crippen molar-refractivity contribution in [1.29, 1.82) is 0 Å². The van der Waals surface area contributed by atoms with Crippen LogP contribution in [-0.4, -0.2) is 61.0 Å². The van der Waals surface area contributed by atoms with Gasteiger partial charge >= 0.3 is 0 Å². The molecule has 2 heterocycles. The van der Waals surface area contributed by atoms with Crippen molar-refractivity contribution in [2.24, 2.45) is 12.0 Å². The number of ether oxygens (including phenoxy) is 2. The molecule has 31 heavy (non-hydrogen) atoms. The van der Waals surface area contributed by atoms with Crippen LogP contribution in [0.4, 0.5) is 0 Å². The molecule has 1 N–H and O–H groups in total. The number of aryl methyl sites for hydroxylation is 1. The molecular formula is C23H34IN5O2. The SMILES string of the molecule is CN=C(NCC1(c2ccccc2OC)CCCC1)N1CCOC(c2cnn(C)c2)C1.I. The molecule has 2 aromatic rings. The van der Waals surface area contributed by atoms with Crippen molar-refractivity contribution in [3.63, 3.8) is 0 Å². The number of rotatable bonds is 5. The lowest BCUT2D eigenvalue weighted by atomic mass is 9.78. The molecule has 0 spiro atoms. The van der Waals surface area contributed by atoms with Gasteiger partial charge < -0.3 is 19.7 Å². The maximum absolute atomic E-state index is 6.01. The quantitative estimate of drug-likeness (QED) is 0.358. The summed E-state index contributed by atoms with van der Waals surface area (Å²) in [6, 6.07) is 8.46. The Morgan fingerprint density at radius 2 is 2.10 bits per heavy atom. The average Bonchev–Trinajstić information content (AvgIpc) is 3.44. The molecule has 1 unspecified atom stereocenters. The van der Waals surface area contributed by atoms with E-state index in [0.717, 1.165) is 36.9 Å². The van der Waals surface area contributed by atoms with Crippen molar-refractivity contribution in [2.75, 3.05) is 40.4 Å². The van der Waals surface area contributed by atoms with Gasteiger partial charge in [0, 0.05) is 49.9 Å². The molecular weight excluding hydrogens is 505 g/mol. The van der Waals surface area contributed by atoms with E-state index in [1.165, 1.54) is 31.2 Å². The van der Waals surface area contributed by atoms with Gasteiger partial charge in [-0.3, -0.25) is 9.67 Å². The molecule has 0 bridgehead atoms. The summed E-state index contributed by atoms with van der Waals surface area (Å²) in [6.07, 6.45) is 8.76. The minimum atomic E-state index is 0. The molecule has 8 heteroatoms. The Labute approximate surface area is 202 Å². The molecule has 0 amide bonds. The number of morpholine rings is 1. The summed E-state index contributed by atoms with van der Waals surface area (Å²) >= 11 is 0. The number of halogens is 1. The highest BCUT2D eigenvalue weighted by Gasteiger charge is 2.38. The van der Waals surface area contributed by atoms with E-state index in [4.69, 9.17) is 9.47 Å². The van der Waals surface area contributed by atoms with Crippen LogP contribution < -0.4 is 10.1 Å². The van der Waals surface area contributed by atoms with Crippen molar-refractivity contribution in [3.05, 3.63) is 47.8 Å². The third-order valence-corrected chi connectivity index (χ3v) is 6.50. The molecule has 4 rings (SSSR count). The lowest BCUT2D eigenvalue weighted by Gasteiger charge is -2.37. The van der Waals surface area contributed by atoms with Gasteiger partial charge in [-0.1, -0.05) is 31.0 Å². The third kappa shape index (κ3) is 5.16. The number of para-hydroxylation sites is 1. The Hall–Kier alpha value is -1.81. The number of hydrogen-bond donors (Lipinski definition) is 1. The van der Waals surface area contributed by atoms with Crippen molar-refractivity contribution in [1.82, 2.24) is 20.0 Å². The van der Waals surface area contributed by atoms with Crippen molar-refractivity contribution in [3.8, 4) is 5.75 Å². The first-order valence-corrected chi connectivity index (χ1v) is 10.8. The second-order valence-corrected chi connectivity index (χ2v) is 8.34. The summed E-state index contributed by atoms with van der Waals surface area (Å²) in [5.41, 5.74) is 2.50. The summed E-state index contributed by atoms with van der Waals surface area (Å²) < 4.78 is 13.5. The number of aromatic nitrogens is 2. The van der Waals surface area contributed by atoms with Crippen LogP contribution in [0.1, 0.15) is 42.9 Å². The van der Waals surface area contributed by atoms with Gasteiger partial charge in [0.1, 0.15) is 11.9 Å². The van der Waals surface area contributed by atoms with E-state index in [1.54, 1.807) is 7.11 Å². The van der Waals surface area contributed by atoms with E-state index in [9.17, 15) is 0 Å². The van der Waals surface area contributed by atoms with Crippen LogP contribution in [0, 0.1) is 0 Å². The second-order valence-electron chi connectivity index (χ2n) is 8.34. The van der Waals surface area contributed by atoms with Gasteiger partial charge in [0.25, 0.3) is 0 Å². The van der Waals surface area contributed by atoms with Crippen LogP contribution in [0.5, 0.6) is 5.75 Å². The Bertz CT molecular complexity index is 878. The number of guanidine groups is 1. The minimum Gasteiger partial charge on any atom is -0.496 e. The fraction of sp³-hybridized carbons (Fsp3) is 0.565. The summed E-state index contributed by atoms with van der Waals surface area (Å²) in [4.78, 5) is 6.89. The zero-order valence-corrected chi connectivity index (χ0v) is 21.0. The second kappa shape index (κ2) is 10.7. The summed E-state index contributed by atoms with van der Waals surface area (Å²) in [5.74, 6) is 1.92. The minimum absolute atomic E-state index is 0.